The Labute approximate surface area is 709 Å². The molecule has 0 aliphatic rings. The second-order valence-corrected chi connectivity index (χ2v) is 33.3. The first-order valence-corrected chi connectivity index (χ1v) is 41.4. The quantitative estimate of drug-likeness (QED) is 0.112. The number of nitrogens with zero attached hydrogens (tertiary/aromatic N) is 13. The summed E-state index contributed by atoms with van der Waals surface area (Å²) in [5.74, 6) is 3.81. The van der Waals surface area contributed by atoms with Crippen molar-refractivity contribution in [3.05, 3.63) is 377 Å². The van der Waals surface area contributed by atoms with Crippen molar-refractivity contribution in [2.45, 2.75) is 102 Å². The molecular formula is C108H103N13+8. The molecule has 13 nitrogen and oxygen atoms in total. The average molecular weight is 1580 g/mol. The molecule has 11 aromatic carbocycles. The van der Waals surface area contributed by atoms with E-state index in [1.165, 1.54) is 111 Å². The van der Waals surface area contributed by atoms with Crippen molar-refractivity contribution >= 4 is 81.9 Å². The van der Waals surface area contributed by atoms with Gasteiger partial charge in [-0.1, -0.05) is 118 Å². The number of hydrogen-bond donors (Lipinski definition) is 0. The van der Waals surface area contributed by atoms with E-state index in [-0.39, 0.29) is 5.41 Å². The van der Waals surface area contributed by atoms with E-state index in [0.29, 0.717) is 5.69 Å². The van der Waals surface area contributed by atoms with Crippen LogP contribution in [0, 0.1) is 82.7 Å². The molecule has 0 fully saturated rings. The van der Waals surface area contributed by atoms with Crippen LogP contribution >= 0.6 is 0 Å². The van der Waals surface area contributed by atoms with Crippen LogP contribution in [-0.4, -0.2) is 19.9 Å². The maximum absolute atomic E-state index is 7.72. The second kappa shape index (κ2) is 33.2. The SMILES string of the molecule is Cc1c(-c2nc3ccccc3c[n+]2C)cc(C(C)(C)C)cc1-[n+]1c(C)ccc2ccccc21.Cc1cc(-c2nc3ccccc3c[n+]2C)c(C)c(-[n+]2cc3ccccc3cc2C)c1.Cc1cc(C)c(-[n+]2ccccc2C)c(C)c1-c1nc2ccccc2c[n+]1C.[C-]#[N+]c1cc(-c2nc3ccccc3c[n+]2C)c(C)c(-[n+]2c(C)ccc3ccccc32)c1. The van der Waals surface area contributed by atoms with E-state index in [2.05, 4.69) is 410 Å². The number of fused-ring (bicyclic) bond motifs is 7. The molecule has 0 N–H and O–H groups in total. The lowest BCUT2D eigenvalue weighted by molar-refractivity contribution is -0.661. The molecule has 0 amide bonds. The van der Waals surface area contributed by atoms with Crippen LogP contribution in [0.2, 0.25) is 0 Å². The Hall–Kier alpha value is -14.4. The standard InChI is InChI=1S/C30H31N3.C27H22N4.C27H25N3.C24H25N3/c1-20-15-16-22-11-8-10-14-27(22)33(20)28-18-24(30(3,4)5)17-25(21(28)2)29-31-26-13-9-7-12-23(26)19-32(29)6;1-18-13-14-20-9-6-8-12-25(20)31(18)26-16-22(28-3)15-23(19(26)2)27-29-24-11-7-5-10-21(24)17-30(27)4;1-18-13-24(27-28-25-12-8-7-11-23(25)16-29(27)4)20(3)26(14-18)30-17-22-10-6-5-9-21(22)15-19(30)2;1-16-14-17(2)23(27-13-9-8-10-18(27)3)19(4)22(16)24-25-21-12-7-6-11-20(21)15-26(24)5/h7-19H,1-6H3;5-17H,1-2,4H3;5-17H,1-4H3;6-15H,1-5H3/q4*+2. The molecule has 0 saturated carbocycles. The second-order valence-electron chi connectivity index (χ2n) is 33.3. The molecule has 0 bridgehead atoms. The van der Waals surface area contributed by atoms with Gasteiger partial charge in [0.05, 0.1) is 78.6 Å². The third-order valence-corrected chi connectivity index (χ3v) is 23.6. The van der Waals surface area contributed by atoms with Crippen molar-refractivity contribution in [3.8, 4) is 68.3 Å². The molecule has 0 atom stereocenters. The summed E-state index contributed by atoms with van der Waals surface area (Å²) in [5, 5.41) is 9.43. The van der Waals surface area contributed by atoms with Crippen molar-refractivity contribution in [2.75, 3.05) is 0 Å². The van der Waals surface area contributed by atoms with Crippen molar-refractivity contribution in [2.24, 2.45) is 28.2 Å². The Morgan fingerprint density at radius 3 is 1.19 bits per heavy atom. The maximum atomic E-state index is 7.72. The minimum atomic E-state index is 0.00562. The van der Waals surface area contributed by atoms with E-state index < -0.39 is 0 Å². The van der Waals surface area contributed by atoms with Gasteiger partial charge in [-0.2, -0.15) is 18.3 Å². The molecule has 19 rings (SSSR count). The Bertz CT molecular complexity index is 7310. The number of rotatable bonds is 8. The van der Waals surface area contributed by atoms with E-state index in [0.717, 1.165) is 100 Å². The minimum absolute atomic E-state index is 0.00562. The van der Waals surface area contributed by atoms with E-state index in [4.69, 9.17) is 26.5 Å². The molecule has 19 aromatic rings. The molecule has 0 saturated heterocycles. The van der Waals surface area contributed by atoms with Gasteiger partial charge in [0.1, 0.15) is 24.8 Å². The average Bonchev–Trinajstić information content (AvgIpc) is 0.767. The lowest BCUT2D eigenvalue weighted by atomic mass is 9.84. The molecular weight excluding hydrogens is 1480 g/mol. The predicted octanol–water partition coefficient (Wildman–Crippen LogP) is 20.7. The Balaban J connectivity index is 0.000000120. The number of pyridine rings is 4. The molecule has 0 radical (unpaired) electrons. The predicted molar refractivity (Wildman–Crippen MR) is 489 cm³/mol. The van der Waals surface area contributed by atoms with Gasteiger partial charge in [0.25, 0.3) is 0 Å². The Kier molecular flexibility index (Phi) is 22.1. The van der Waals surface area contributed by atoms with Gasteiger partial charge >= 0.3 is 23.3 Å². The van der Waals surface area contributed by atoms with Crippen LogP contribution in [0.3, 0.4) is 0 Å². The fourth-order valence-electron chi connectivity index (χ4n) is 17.2. The highest BCUT2D eigenvalue weighted by Crippen LogP contribution is 2.36. The zero-order valence-corrected chi connectivity index (χ0v) is 72.6. The summed E-state index contributed by atoms with van der Waals surface area (Å²) in [4.78, 5) is 23.9. The van der Waals surface area contributed by atoms with E-state index in [1.54, 1.807) is 0 Å². The van der Waals surface area contributed by atoms with Crippen molar-refractivity contribution in [3.63, 3.8) is 0 Å². The Morgan fingerprint density at radius 2 is 0.711 bits per heavy atom. The van der Waals surface area contributed by atoms with Gasteiger partial charge in [-0.25, -0.2) is 23.1 Å². The summed E-state index contributed by atoms with van der Waals surface area (Å²) in [6.45, 7) is 38.4. The first-order valence-electron chi connectivity index (χ1n) is 41.4. The maximum Gasteiger partial charge on any atom is 0.331 e. The van der Waals surface area contributed by atoms with Crippen LogP contribution in [0.4, 0.5) is 5.69 Å². The van der Waals surface area contributed by atoms with Gasteiger partial charge < -0.3 is 0 Å². The first kappa shape index (κ1) is 80.4. The largest absolute Gasteiger partial charge is 0.331 e. The highest BCUT2D eigenvalue weighted by atomic mass is 15.1. The molecule has 0 unspecified atom stereocenters. The fourth-order valence-corrected chi connectivity index (χ4v) is 17.2. The summed E-state index contributed by atoms with van der Waals surface area (Å²) in [7, 11) is 8.25. The van der Waals surface area contributed by atoms with Crippen molar-refractivity contribution in [1.29, 1.82) is 0 Å². The molecule has 0 aliphatic heterocycles. The van der Waals surface area contributed by atoms with E-state index in [1.807, 2.05) is 54.1 Å². The van der Waals surface area contributed by atoms with E-state index >= 15 is 0 Å². The van der Waals surface area contributed by atoms with Crippen LogP contribution in [0.5, 0.6) is 0 Å². The van der Waals surface area contributed by atoms with Crippen LogP contribution in [0.25, 0.3) is 149 Å². The number of hydrogen-bond acceptors (Lipinski definition) is 4. The van der Waals surface area contributed by atoms with Gasteiger partial charge in [0.15, 0.2) is 62.9 Å². The summed E-state index contributed by atoms with van der Waals surface area (Å²) in [6, 6.07) is 91.1. The zero-order chi connectivity index (χ0) is 84.8. The lowest BCUT2D eigenvalue weighted by Gasteiger charge is -2.21. The van der Waals surface area contributed by atoms with Gasteiger partial charge in [-0.15, -0.1) is 0 Å². The van der Waals surface area contributed by atoms with Gasteiger partial charge in [0, 0.05) is 132 Å². The van der Waals surface area contributed by atoms with E-state index in [9.17, 15) is 0 Å². The third kappa shape index (κ3) is 15.8. The lowest BCUT2D eigenvalue weighted by Crippen LogP contribution is -2.37. The number of benzene rings is 11. The van der Waals surface area contributed by atoms with Gasteiger partial charge in [0.2, 0.25) is 33.8 Å². The molecule has 121 heavy (non-hydrogen) atoms. The molecule has 8 heterocycles. The smallest absolute Gasteiger partial charge is 0.238 e. The van der Waals surface area contributed by atoms with Gasteiger partial charge in [-0.05, 0) is 199 Å². The van der Waals surface area contributed by atoms with Crippen LogP contribution < -0.4 is 36.5 Å². The zero-order valence-electron chi connectivity index (χ0n) is 72.6. The molecule has 13 heteroatoms. The monoisotopic (exact) mass is 1580 g/mol. The van der Waals surface area contributed by atoms with Gasteiger partial charge in [-0.3, -0.25) is 0 Å². The molecule has 0 aliphatic carbocycles. The highest BCUT2D eigenvalue weighted by Gasteiger charge is 2.33. The van der Waals surface area contributed by atoms with Crippen LogP contribution in [0.15, 0.2) is 298 Å². The molecule has 592 valence electrons. The minimum Gasteiger partial charge on any atom is -0.238 e. The number of aromatic nitrogens is 12. The number of para-hydroxylation sites is 6. The first-order chi connectivity index (χ1) is 58.3. The molecule has 8 aromatic heterocycles. The fraction of sp³-hybridized carbons (Fsp3) is 0.176. The summed E-state index contributed by atoms with van der Waals surface area (Å²) in [6.07, 6.45) is 13.0. The summed E-state index contributed by atoms with van der Waals surface area (Å²) >= 11 is 0. The van der Waals surface area contributed by atoms with Crippen molar-refractivity contribution in [1.82, 2.24) is 19.9 Å². The topological polar surface area (TPSA) is 87.0 Å². The normalized spacial score (nSPS) is 11.4. The third-order valence-electron chi connectivity index (χ3n) is 23.6. The van der Waals surface area contributed by atoms with Crippen molar-refractivity contribution < 1.29 is 36.5 Å². The summed E-state index contributed by atoms with van der Waals surface area (Å²) < 4.78 is 17.7. The molecule has 0 spiro atoms. The highest BCUT2D eigenvalue weighted by molar-refractivity contribution is 5.85. The van der Waals surface area contributed by atoms with Crippen LogP contribution in [0.1, 0.15) is 88.1 Å². The number of aryl methyl sites for hydroxylation is 11. The van der Waals surface area contributed by atoms with Crippen LogP contribution in [-0.2, 0) is 33.6 Å². The summed E-state index contributed by atoms with van der Waals surface area (Å²) in [5.41, 5.74) is 30.7. The Morgan fingerprint density at radius 1 is 0.306 bits per heavy atom.